The van der Waals surface area contributed by atoms with Gasteiger partial charge in [-0.3, -0.25) is 0 Å². The second-order valence-electron chi connectivity index (χ2n) is 3.55. The largest absolute Gasteiger partial charge is 0.396 e. The Morgan fingerprint density at radius 3 is 3.07 bits per heavy atom. The van der Waals surface area contributed by atoms with Gasteiger partial charge >= 0.3 is 0 Å². The number of aliphatic hydroxyl groups is 1. The van der Waals surface area contributed by atoms with Crippen molar-refractivity contribution >= 4 is 11.2 Å². The third-order valence-electron chi connectivity index (χ3n) is 2.47. The van der Waals surface area contributed by atoms with Crippen molar-refractivity contribution in [3.63, 3.8) is 0 Å². The minimum absolute atomic E-state index is 0.0812. The van der Waals surface area contributed by atoms with E-state index in [1.807, 2.05) is 17.7 Å². The molecule has 1 atom stereocenters. The van der Waals surface area contributed by atoms with Crippen LogP contribution in [0.3, 0.4) is 0 Å². The van der Waals surface area contributed by atoms with E-state index in [1.54, 1.807) is 12.5 Å². The Morgan fingerprint density at radius 2 is 2.33 bits per heavy atom. The maximum absolute atomic E-state index is 8.85. The Morgan fingerprint density at radius 1 is 1.53 bits per heavy atom. The van der Waals surface area contributed by atoms with Crippen LogP contribution in [-0.4, -0.2) is 26.2 Å². The van der Waals surface area contributed by atoms with Crippen LogP contribution in [0, 0.1) is 0 Å². The molecule has 0 amide bonds. The van der Waals surface area contributed by atoms with Crippen molar-refractivity contribution in [3.05, 3.63) is 24.2 Å². The monoisotopic (exact) mass is 206 g/mol. The van der Waals surface area contributed by atoms with Crippen LogP contribution >= 0.6 is 0 Å². The normalized spacial score (nSPS) is 13.3. The number of nitrogens with two attached hydrogens (primary N) is 1. The number of rotatable bonds is 3. The van der Waals surface area contributed by atoms with E-state index < -0.39 is 0 Å². The SMILES string of the molecule is Cn1cnc2c(C(N)CCO)ccnc21. The molecule has 0 aliphatic heterocycles. The van der Waals surface area contributed by atoms with E-state index in [2.05, 4.69) is 9.97 Å². The lowest BCUT2D eigenvalue weighted by Crippen LogP contribution is -2.12. The molecule has 0 radical (unpaired) electrons. The molecule has 0 fully saturated rings. The number of hydrogen-bond acceptors (Lipinski definition) is 4. The Balaban J connectivity index is 2.51. The van der Waals surface area contributed by atoms with E-state index in [9.17, 15) is 0 Å². The Labute approximate surface area is 87.6 Å². The zero-order chi connectivity index (χ0) is 10.8. The lowest BCUT2D eigenvalue weighted by Gasteiger charge is -2.10. The summed E-state index contributed by atoms with van der Waals surface area (Å²) in [6, 6.07) is 1.67. The van der Waals surface area contributed by atoms with Gasteiger partial charge in [-0.2, -0.15) is 0 Å². The second kappa shape index (κ2) is 3.96. The third-order valence-corrected chi connectivity index (χ3v) is 2.47. The summed E-state index contributed by atoms with van der Waals surface area (Å²) in [5.74, 6) is 0. The standard InChI is InChI=1S/C10H14N4O/c1-14-6-13-9-7(8(11)3-5-15)2-4-12-10(9)14/h2,4,6,8,15H,3,5,11H2,1H3. The average Bonchev–Trinajstić information content (AvgIpc) is 2.61. The number of aryl methyl sites for hydroxylation is 1. The topological polar surface area (TPSA) is 77.0 Å². The molecule has 0 aliphatic carbocycles. The number of hydrogen-bond donors (Lipinski definition) is 2. The van der Waals surface area contributed by atoms with Crippen LogP contribution in [0.2, 0.25) is 0 Å². The number of fused-ring (bicyclic) bond motifs is 1. The molecule has 5 nitrogen and oxygen atoms in total. The van der Waals surface area contributed by atoms with E-state index in [0.717, 1.165) is 16.7 Å². The Bertz CT molecular complexity index is 465. The summed E-state index contributed by atoms with van der Waals surface area (Å²) in [5.41, 5.74) is 8.52. The van der Waals surface area contributed by atoms with Gasteiger partial charge in [0.25, 0.3) is 0 Å². The van der Waals surface area contributed by atoms with Crippen molar-refractivity contribution in [3.8, 4) is 0 Å². The van der Waals surface area contributed by atoms with Crippen molar-refractivity contribution in [1.82, 2.24) is 14.5 Å². The summed E-state index contributed by atoms with van der Waals surface area (Å²) < 4.78 is 1.85. The fourth-order valence-electron chi connectivity index (χ4n) is 1.64. The molecule has 0 saturated heterocycles. The molecule has 3 N–H and O–H groups in total. The van der Waals surface area contributed by atoms with Crippen LogP contribution in [0.4, 0.5) is 0 Å². The summed E-state index contributed by atoms with van der Waals surface area (Å²) >= 11 is 0. The first-order valence-corrected chi connectivity index (χ1v) is 4.86. The first-order valence-electron chi connectivity index (χ1n) is 4.86. The van der Waals surface area contributed by atoms with Gasteiger partial charge in [0.2, 0.25) is 0 Å². The number of pyridine rings is 1. The zero-order valence-corrected chi connectivity index (χ0v) is 8.59. The second-order valence-corrected chi connectivity index (χ2v) is 3.55. The van der Waals surface area contributed by atoms with Gasteiger partial charge in [0, 0.05) is 25.9 Å². The van der Waals surface area contributed by atoms with Crippen LogP contribution in [0.5, 0.6) is 0 Å². The van der Waals surface area contributed by atoms with Gasteiger partial charge in [-0.25, -0.2) is 9.97 Å². The van der Waals surface area contributed by atoms with Gasteiger partial charge in [0.15, 0.2) is 5.65 Å². The highest BCUT2D eigenvalue weighted by molar-refractivity contribution is 5.75. The first kappa shape index (κ1) is 10.1. The molecular formula is C10H14N4O. The molecule has 2 aromatic rings. The fraction of sp³-hybridized carbons (Fsp3) is 0.400. The summed E-state index contributed by atoms with van der Waals surface area (Å²) in [6.07, 6.45) is 3.97. The summed E-state index contributed by atoms with van der Waals surface area (Å²) in [7, 11) is 1.89. The molecular weight excluding hydrogens is 192 g/mol. The number of imidazole rings is 1. The quantitative estimate of drug-likeness (QED) is 0.759. The van der Waals surface area contributed by atoms with Crippen molar-refractivity contribution in [2.75, 3.05) is 6.61 Å². The molecule has 2 aromatic heterocycles. The highest BCUT2D eigenvalue weighted by Gasteiger charge is 2.12. The fourth-order valence-corrected chi connectivity index (χ4v) is 1.64. The molecule has 1 unspecified atom stereocenters. The van der Waals surface area contributed by atoms with E-state index in [1.165, 1.54) is 0 Å². The molecule has 80 valence electrons. The third kappa shape index (κ3) is 1.71. The number of aromatic nitrogens is 3. The first-order chi connectivity index (χ1) is 7.24. The molecule has 0 spiro atoms. The molecule has 2 rings (SSSR count). The molecule has 5 heteroatoms. The molecule has 0 aromatic carbocycles. The lowest BCUT2D eigenvalue weighted by atomic mass is 10.1. The van der Waals surface area contributed by atoms with Gasteiger partial charge in [-0.15, -0.1) is 0 Å². The minimum Gasteiger partial charge on any atom is -0.396 e. The van der Waals surface area contributed by atoms with Gasteiger partial charge < -0.3 is 15.4 Å². The molecule has 0 saturated carbocycles. The maximum atomic E-state index is 8.85. The van der Waals surface area contributed by atoms with Gasteiger partial charge in [-0.05, 0) is 18.1 Å². The summed E-state index contributed by atoms with van der Waals surface area (Å²) in [5, 5.41) is 8.85. The molecule has 15 heavy (non-hydrogen) atoms. The summed E-state index contributed by atoms with van der Waals surface area (Å²) in [4.78, 5) is 8.49. The van der Waals surface area contributed by atoms with Crippen molar-refractivity contribution < 1.29 is 5.11 Å². The Kier molecular flexibility index (Phi) is 2.66. The van der Waals surface area contributed by atoms with E-state index in [0.29, 0.717) is 6.42 Å². The van der Waals surface area contributed by atoms with E-state index >= 15 is 0 Å². The van der Waals surface area contributed by atoms with Crippen LogP contribution in [-0.2, 0) is 7.05 Å². The number of aliphatic hydroxyl groups excluding tert-OH is 1. The maximum Gasteiger partial charge on any atom is 0.159 e. The predicted octanol–water partition coefficient (Wildman–Crippen LogP) is 0.350. The van der Waals surface area contributed by atoms with Crippen LogP contribution in [0.25, 0.3) is 11.2 Å². The Hall–Kier alpha value is -1.46. The highest BCUT2D eigenvalue weighted by atomic mass is 16.3. The van der Waals surface area contributed by atoms with Crippen molar-refractivity contribution in [2.24, 2.45) is 12.8 Å². The van der Waals surface area contributed by atoms with Gasteiger partial charge in [-0.1, -0.05) is 0 Å². The predicted molar refractivity (Wildman–Crippen MR) is 57.1 cm³/mol. The highest BCUT2D eigenvalue weighted by Crippen LogP contribution is 2.21. The van der Waals surface area contributed by atoms with Crippen LogP contribution in [0.1, 0.15) is 18.0 Å². The van der Waals surface area contributed by atoms with Crippen molar-refractivity contribution in [2.45, 2.75) is 12.5 Å². The van der Waals surface area contributed by atoms with Gasteiger partial charge in [0.1, 0.15) is 5.52 Å². The van der Waals surface area contributed by atoms with Gasteiger partial charge in [0.05, 0.1) is 6.33 Å². The lowest BCUT2D eigenvalue weighted by molar-refractivity contribution is 0.277. The molecule has 2 heterocycles. The van der Waals surface area contributed by atoms with E-state index in [-0.39, 0.29) is 12.6 Å². The smallest absolute Gasteiger partial charge is 0.159 e. The van der Waals surface area contributed by atoms with Crippen LogP contribution < -0.4 is 5.73 Å². The molecule has 0 bridgehead atoms. The molecule has 0 aliphatic rings. The summed E-state index contributed by atoms with van der Waals surface area (Å²) in [6.45, 7) is 0.0812. The zero-order valence-electron chi connectivity index (χ0n) is 8.59. The number of nitrogens with zero attached hydrogens (tertiary/aromatic N) is 3. The average molecular weight is 206 g/mol. The van der Waals surface area contributed by atoms with Crippen LogP contribution in [0.15, 0.2) is 18.6 Å². The van der Waals surface area contributed by atoms with Crippen molar-refractivity contribution in [1.29, 1.82) is 0 Å². The minimum atomic E-state index is -0.185. The van der Waals surface area contributed by atoms with E-state index in [4.69, 9.17) is 10.8 Å².